The van der Waals surface area contributed by atoms with Crippen molar-refractivity contribution in [2.75, 3.05) is 13.2 Å². The maximum Gasteiger partial charge on any atom is 0.169 e. The Labute approximate surface area is 245 Å². The van der Waals surface area contributed by atoms with E-state index >= 15 is 0 Å². The molecule has 0 aliphatic rings. The summed E-state index contributed by atoms with van der Waals surface area (Å²) in [4.78, 5) is 0. The SMILES string of the molecule is CCCCCCCCOc1ccc(O)c2ccc(Oc3ccc4c(O)cccc4c3OCCCCCCCC)cc12. The van der Waals surface area contributed by atoms with E-state index in [-0.39, 0.29) is 11.5 Å². The van der Waals surface area contributed by atoms with Crippen LogP contribution in [0.2, 0.25) is 0 Å². The van der Waals surface area contributed by atoms with Crippen molar-refractivity contribution >= 4 is 21.5 Å². The molecular formula is C36H46O5. The Morgan fingerprint density at radius 2 is 1.10 bits per heavy atom. The van der Waals surface area contributed by atoms with Crippen molar-refractivity contribution in [3.63, 3.8) is 0 Å². The van der Waals surface area contributed by atoms with Gasteiger partial charge in [0, 0.05) is 21.5 Å². The lowest BCUT2D eigenvalue weighted by Crippen LogP contribution is -2.00. The van der Waals surface area contributed by atoms with Crippen LogP contribution in [0.3, 0.4) is 0 Å². The van der Waals surface area contributed by atoms with Gasteiger partial charge in [-0.1, -0.05) is 90.2 Å². The second-order valence-electron chi connectivity index (χ2n) is 10.9. The molecule has 5 nitrogen and oxygen atoms in total. The zero-order valence-corrected chi connectivity index (χ0v) is 24.8. The van der Waals surface area contributed by atoms with Crippen molar-refractivity contribution in [2.24, 2.45) is 0 Å². The van der Waals surface area contributed by atoms with Gasteiger partial charge in [0.1, 0.15) is 23.0 Å². The molecule has 4 rings (SSSR count). The molecular weight excluding hydrogens is 512 g/mol. The molecule has 220 valence electrons. The van der Waals surface area contributed by atoms with E-state index in [0.29, 0.717) is 30.5 Å². The predicted molar refractivity (Wildman–Crippen MR) is 169 cm³/mol. The Morgan fingerprint density at radius 3 is 1.83 bits per heavy atom. The van der Waals surface area contributed by atoms with Crippen LogP contribution in [0, 0.1) is 0 Å². The van der Waals surface area contributed by atoms with Crippen LogP contribution in [0.5, 0.6) is 34.5 Å². The molecule has 0 aliphatic heterocycles. The van der Waals surface area contributed by atoms with Gasteiger partial charge in [-0.2, -0.15) is 0 Å². The number of benzene rings is 4. The van der Waals surface area contributed by atoms with E-state index in [9.17, 15) is 10.2 Å². The molecule has 0 radical (unpaired) electrons. The summed E-state index contributed by atoms with van der Waals surface area (Å²) in [6, 6.07) is 18.3. The first kappa shape index (κ1) is 30.4. The fourth-order valence-corrected chi connectivity index (χ4v) is 5.25. The van der Waals surface area contributed by atoms with E-state index in [2.05, 4.69) is 13.8 Å². The minimum Gasteiger partial charge on any atom is -0.507 e. The summed E-state index contributed by atoms with van der Waals surface area (Å²) in [6.07, 6.45) is 14.3. The van der Waals surface area contributed by atoms with Crippen molar-refractivity contribution in [1.29, 1.82) is 0 Å². The average molecular weight is 559 g/mol. The summed E-state index contributed by atoms with van der Waals surface area (Å²) < 4.78 is 18.9. The fraction of sp³-hybridized carbons (Fsp3) is 0.444. The number of rotatable bonds is 18. The van der Waals surface area contributed by atoms with E-state index in [1.54, 1.807) is 12.1 Å². The van der Waals surface area contributed by atoms with Crippen LogP contribution >= 0.6 is 0 Å². The summed E-state index contributed by atoms with van der Waals surface area (Å²) in [7, 11) is 0. The first-order chi connectivity index (χ1) is 20.1. The molecule has 4 aromatic carbocycles. The van der Waals surface area contributed by atoms with Gasteiger partial charge in [0.2, 0.25) is 0 Å². The molecule has 0 saturated heterocycles. The maximum atomic E-state index is 10.5. The standard InChI is InChI=1S/C36H46O5/c1-3-5-7-9-11-13-24-39-34-23-21-33(38)29-19-18-27(26-31(29)34)41-35-22-20-28-30(16-15-17-32(28)37)36(35)40-25-14-12-10-8-6-4-2/h15-23,26,37-38H,3-14,24-25H2,1-2H3. The molecule has 0 saturated carbocycles. The van der Waals surface area contributed by atoms with E-state index < -0.39 is 0 Å². The highest BCUT2D eigenvalue weighted by molar-refractivity contribution is 5.96. The van der Waals surface area contributed by atoms with Gasteiger partial charge >= 0.3 is 0 Å². The fourth-order valence-electron chi connectivity index (χ4n) is 5.25. The highest BCUT2D eigenvalue weighted by Gasteiger charge is 2.15. The molecule has 5 heteroatoms. The molecule has 41 heavy (non-hydrogen) atoms. The molecule has 0 unspecified atom stereocenters. The Morgan fingerprint density at radius 1 is 0.512 bits per heavy atom. The maximum absolute atomic E-state index is 10.5. The van der Waals surface area contributed by atoms with Gasteiger partial charge in [-0.05, 0) is 61.4 Å². The quantitative estimate of drug-likeness (QED) is 0.119. The Kier molecular flexibility index (Phi) is 11.8. The zero-order valence-electron chi connectivity index (χ0n) is 24.8. The molecule has 0 heterocycles. The molecule has 0 spiro atoms. The van der Waals surface area contributed by atoms with E-state index in [1.165, 1.54) is 51.4 Å². The summed E-state index contributed by atoms with van der Waals surface area (Å²) in [5.41, 5.74) is 0. The van der Waals surface area contributed by atoms with Crippen LogP contribution in [-0.4, -0.2) is 23.4 Å². The van der Waals surface area contributed by atoms with Crippen LogP contribution in [-0.2, 0) is 0 Å². The third kappa shape index (κ3) is 8.45. The van der Waals surface area contributed by atoms with Crippen molar-refractivity contribution in [1.82, 2.24) is 0 Å². The molecule has 0 amide bonds. The topological polar surface area (TPSA) is 68.2 Å². The Bertz CT molecular complexity index is 1380. The summed E-state index contributed by atoms with van der Waals surface area (Å²) in [5.74, 6) is 3.00. The number of hydrogen-bond donors (Lipinski definition) is 2. The second-order valence-corrected chi connectivity index (χ2v) is 10.9. The first-order valence-corrected chi connectivity index (χ1v) is 15.6. The molecule has 4 aromatic rings. The molecule has 0 atom stereocenters. The molecule has 0 aliphatic carbocycles. The van der Waals surface area contributed by atoms with Gasteiger partial charge in [-0.15, -0.1) is 0 Å². The Hall–Kier alpha value is -3.60. The van der Waals surface area contributed by atoms with E-state index in [1.807, 2.05) is 48.5 Å². The van der Waals surface area contributed by atoms with Gasteiger partial charge in [-0.25, -0.2) is 0 Å². The van der Waals surface area contributed by atoms with E-state index in [0.717, 1.165) is 53.0 Å². The van der Waals surface area contributed by atoms with Gasteiger partial charge in [0.05, 0.1) is 13.2 Å². The van der Waals surface area contributed by atoms with Crippen molar-refractivity contribution in [3.05, 3.63) is 60.7 Å². The van der Waals surface area contributed by atoms with Crippen LogP contribution < -0.4 is 14.2 Å². The molecule has 0 fully saturated rings. The normalized spacial score (nSPS) is 11.3. The molecule has 0 aromatic heterocycles. The molecule has 2 N–H and O–H groups in total. The van der Waals surface area contributed by atoms with Gasteiger partial charge in [0.25, 0.3) is 0 Å². The third-order valence-corrected chi connectivity index (χ3v) is 7.61. The van der Waals surface area contributed by atoms with E-state index in [4.69, 9.17) is 14.2 Å². The minimum absolute atomic E-state index is 0.211. The largest absolute Gasteiger partial charge is 0.507 e. The number of aromatic hydroxyl groups is 2. The van der Waals surface area contributed by atoms with Crippen molar-refractivity contribution in [2.45, 2.75) is 90.9 Å². The number of unbranched alkanes of at least 4 members (excludes halogenated alkanes) is 10. The zero-order chi connectivity index (χ0) is 28.9. The number of fused-ring (bicyclic) bond motifs is 2. The average Bonchev–Trinajstić information content (AvgIpc) is 2.98. The lowest BCUT2D eigenvalue weighted by atomic mass is 10.1. The number of hydrogen-bond acceptors (Lipinski definition) is 5. The van der Waals surface area contributed by atoms with Crippen molar-refractivity contribution < 1.29 is 24.4 Å². The van der Waals surface area contributed by atoms with Crippen LogP contribution in [0.25, 0.3) is 21.5 Å². The highest BCUT2D eigenvalue weighted by Crippen LogP contribution is 2.42. The van der Waals surface area contributed by atoms with Gasteiger partial charge in [-0.3, -0.25) is 0 Å². The smallest absolute Gasteiger partial charge is 0.169 e. The summed E-state index contributed by atoms with van der Waals surface area (Å²) in [6.45, 7) is 5.68. The lowest BCUT2D eigenvalue weighted by Gasteiger charge is -2.17. The number of phenolic OH excluding ortho intramolecular Hbond substituents is 2. The minimum atomic E-state index is 0.211. The Balaban J connectivity index is 1.52. The van der Waals surface area contributed by atoms with Crippen LogP contribution in [0.4, 0.5) is 0 Å². The number of phenols is 2. The van der Waals surface area contributed by atoms with Gasteiger partial charge < -0.3 is 24.4 Å². The predicted octanol–water partition coefficient (Wildman–Crippen LogP) is 10.7. The summed E-state index contributed by atoms with van der Waals surface area (Å²) in [5, 5.41) is 24.0. The second kappa shape index (κ2) is 16.0. The highest BCUT2D eigenvalue weighted by atomic mass is 16.5. The summed E-state index contributed by atoms with van der Waals surface area (Å²) >= 11 is 0. The number of ether oxygens (including phenoxy) is 3. The monoisotopic (exact) mass is 558 g/mol. The van der Waals surface area contributed by atoms with Crippen molar-refractivity contribution in [3.8, 4) is 34.5 Å². The third-order valence-electron chi connectivity index (χ3n) is 7.61. The van der Waals surface area contributed by atoms with Gasteiger partial charge in [0.15, 0.2) is 11.5 Å². The molecule has 0 bridgehead atoms. The lowest BCUT2D eigenvalue weighted by molar-refractivity contribution is 0.294. The first-order valence-electron chi connectivity index (χ1n) is 15.6. The van der Waals surface area contributed by atoms with Crippen LogP contribution in [0.15, 0.2) is 60.7 Å². The van der Waals surface area contributed by atoms with Crippen LogP contribution in [0.1, 0.15) is 90.9 Å².